The maximum Gasteiger partial charge on any atom is 0.303 e. The molecule has 20 heavy (non-hydrogen) atoms. The molecule has 2 aliphatic rings. The van der Waals surface area contributed by atoms with E-state index in [2.05, 4.69) is 16.3 Å². The molecule has 0 aromatic carbocycles. The van der Waals surface area contributed by atoms with E-state index in [0.29, 0.717) is 18.5 Å². The van der Waals surface area contributed by atoms with Gasteiger partial charge < -0.3 is 10.4 Å². The minimum atomic E-state index is -0.721. The lowest BCUT2D eigenvalue weighted by Gasteiger charge is -2.38. The lowest BCUT2D eigenvalue weighted by atomic mass is 9.84. The zero-order chi connectivity index (χ0) is 14.4. The highest BCUT2D eigenvalue weighted by Crippen LogP contribution is 2.26. The fourth-order valence-corrected chi connectivity index (χ4v) is 3.25. The number of aliphatic carboxylic acids is 1. The van der Waals surface area contributed by atoms with Gasteiger partial charge in [-0.2, -0.15) is 5.26 Å². The van der Waals surface area contributed by atoms with E-state index in [0.717, 1.165) is 38.4 Å². The van der Waals surface area contributed by atoms with Crippen LogP contribution in [0.4, 0.5) is 0 Å². The van der Waals surface area contributed by atoms with Crippen molar-refractivity contribution in [2.24, 2.45) is 11.8 Å². The molecule has 5 heteroatoms. The number of likely N-dealkylation sites (tertiary alicyclic amines) is 1. The van der Waals surface area contributed by atoms with E-state index < -0.39 is 5.97 Å². The predicted molar refractivity (Wildman–Crippen MR) is 76.2 cm³/mol. The number of carbonyl (C=O) groups is 1. The van der Waals surface area contributed by atoms with Gasteiger partial charge in [0.15, 0.2) is 0 Å². The number of rotatable bonds is 7. The van der Waals surface area contributed by atoms with Crippen LogP contribution in [0.5, 0.6) is 0 Å². The summed E-state index contributed by atoms with van der Waals surface area (Å²) in [5.74, 6) is 0.507. The van der Waals surface area contributed by atoms with Crippen LogP contribution >= 0.6 is 0 Å². The first-order valence-corrected chi connectivity index (χ1v) is 7.72. The second kappa shape index (κ2) is 7.61. The summed E-state index contributed by atoms with van der Waals surface area (Å²) in [5.41, 5.74) is 0. The van der Waals surface area contributed by atoms with E-state index in [9.17, 15) is 4.79 Å². The molecule has 0 aromatic rings. The summed E-state index contributed by atoms with van der Waals surface area (Å²) in [5, 5.41) is 21.3. The van der Waals surface area contributed by atoms with Crippen LogP contribution in [-0.2, 0) is 4.79 Å². The number of carboxylic acids is 1. The number of hydrogen-bond donors (Lipinski definition) is 2. The second-order valence-electron chi connectivity index (χ2n) is 6.29. The first-order chi connectivity index (χ1) is 9.67. The van der Waals surface area contributed by atoms with Crippen molar-refractivity contribution < 1.29 is 9.90 Å². The van der Waals surface area contributed by atoms with Crippen molar-refractivity contribution in [3.05, 3.63) is 0 Å². The van der Waals surface area contributed by atoms with Crippen molar-refractivity contribution >= 4 is 5.97 Å². The molecule has 2 N–H and O–H groups in total. The molecule has 0 aromatic heterocycles. The minimum absolute atomic E-state index is 0.237. The van der Waals surface area contributed by atoms with Gasteiger partial charge >= 0.3 is 5.97 Å². The third kappa shape index (κ3) is 4.77. The lowest BCUT2D eigenvalue weighted by Crippen LogP contribution is -2.50. The highest BCUT2D eigenvalue weighted by Gasteiger charge is 2.28. The molecular weight excluding hydrogens is 254 g/mol. The van der Waals surface area contributed by atoms with E-state index in [1.807, 2.05) is 0 Å². The number of carboxylic acid groups (broad SMARTS) is 1. The van der Waals surface area contributed by atoms with Gasteiger partial charge in [-0.3, -0.25) is 9.69 Å². The van der Waals surface area contributed by atoms with Crippen LogP contribution < -0.4 is 5.32 Å². The smallest absolute Gasteiger partial charge is 0.303 e. The van der Waals surface area contributed by atoms with Gasteiger partial charge in [-0.25, -0.2) is 0 Å². The molecule has 1 aliphatic carbocycles. The Morgan fingerprint density at radius 1 is 1.35 bits per heavy atom. The highest BCUT2D eigenvalue weighted by atomic mass is 16.4. The molecule has 0 spiro atoms. The average molecular weight is 279 g/mol. The number of nitriles is 1. The minimum Gasteiger partial charge on any atom is -0.481 e. The zero-order valence-electron chi connectivity index (χ0n) is 12.1. The monoisotopic (exact) mass is 279 g/mol. The van der Waals surface area contributed by atoms with Crippen molar-refractivity contribution in [3.63, 3.8) is 0 Å². The summed E-state index contributed by atoms with van der Waals surface area (Å²) in [6.45, 7) is 3.31. The average Bonchev–Trinajstić information content (AvgIpc) is 2.35. The third-order valence-corrected chi connectivity index (χ3v) is 4.59. The van der Waals surface area contributed by atoms with Crippen LogP contribution in [0.1, 0.15) is 38.5 Å². The van der Waals surface area contributed by atoms with Crippen LogP contribution in [0.3, 0.4) is 0 Å². The summed E-state index contributed by atoms with van der Waals surface area (Å²) in [6.07, 6.45) is 6.04. The Kier molecular flexibility index (Phi) is 5.81. The third-order valence-electron chi connectivity index (χ3n) is 4.59. The molecular formula is C15H25N3O2. The first kappa shape index (κ1) is 15.3. The van der Waals surface area contributed by atoms with Crippen molar-refractivity contribution in [2.45, 2.75) is 44.6 Å². The number of nitrogens with zero attached hydrogens (tertiary/aromatic N) is 2. The Balaban J connectivity index is 1.79. The van der Waals surface area contributed by atoms with E-state index in [-0.39, 0.29) is 6.42 Å². The zero-order valence-corrected chi connectivity index (χ0v) is 12.1. The van der Waals surface area contributed by atoms with E-state index in [1.165, 1.54) is 19.3 Å². The highest BCUT2D eigenvalue weighted by molar-refractivity contribution is 5.66. The molecule has 1 aliphatic heterocycles. The topological polar surface area (TPSA) is 76.4 Å². The molecule has 0 radical (unpaired) electrons. The van der Waals surface area contributed by atoms with Crippen molar-refractivity contribution in [2.75, 3.05) is 26.2 Å². The van der Waals surface area contributed by atoms with E-state index >= 15 is 0 Å². The summed E-state index contributed by atoms with van der Waals surface area (Å²) >= 11 is 0. The quantitative estimate of drug-likeness (QED) is 0.690. The Labute approximate surface area is 120 Å². The van der Waals surface area contributed by atoms with Crippen LogP contribution in [-0.4, -0.2) is 48.2 Å². The van der Waals surface area contributed by atoms with Crippen molar-refractivity contribution in [1.82, 2.24) is 10.2 Å². The van der Waals surface area contributed by atoms with E-state index in [1.54, 1.807) is 0 Å². The Morgan fingerprint density at radius 3 is 2.75 bits per heavy atom. The molecule has 0 amide bonds. The normalized spacial score (nSPS) is 27.8. The van der Waals surface area contributed by atoms with Gasteiger partial charge in [-0.05, 0) is 44.1 Å². The van der Waals surface area contributed by atoms with Crippen LogP contribution in [0.2, 0.25) is 0 Å². The molecule has 2 rings (SSSR count). The number of nitrogens with one attached hydrogen (secondary N) is 1. The lowest BCUT2D eigenvalue weighted by molar-refractivity contribution is -0.137. The maximum atomic E-state index is 10.7. The van der Waals surface area contributed by atoms with Crippen molar-refractivity contribution in [3.8, 4) is 6.07 Å². The van der Waals surface area contributed by atoms with Gasteiger partial charge in [0.2, 0.25) is 0 Å². The second-order valence-corrected chi connectivity index (χ2v) is 6.29. The molecule has 5 nitrogen and oxygen atoms in total. The molecule has 1 heterocycles. The maximum absolute atomic E-state index is 10.7. The molecule has 2 fully saturated rings. The van der Waals surface area contributed by atoms with Gasteiger partial charge in [-0.1, -0.05) is 6.42 Å². The Morgan fingerprint density at radius 2 is 2.15 bits per heavy atom. The van der Waals surface area contributed by atoms with Gasteiger partial charge in [0.05, 0.1) is 12.6 Å². The van der Waals surface area contributed by atoms with Crippen LogP contribution in [0.25, 0.3) is 0 Å². The van der Waals surface area contributed by atoms with Gasteiger partial charge in [-0.15, -0.1) is 0 Å². The fraction of sp³-hybridized carbons (Fsp3) is 0.867. The predicted octanol–water partition coefficient (Wildman–Crippen LogP) is 1.45. The number of hydrogen-bond acceptors (Lipinski definition) is 4. The van der Waals surface area contributed by atoms with Gasteiger partial charge in [0.1, 0.15) is 0 Å². The first-order valence-electron chi connectivity index (χ1n) is 7.72. The molecule has 112 valence electrons. The molecule has 0 bridgehead atoms. The van der Waals surface area contributed by atoms with Gasteiger partial charge in [0.25, 0.3) is 0 Å². The van der Waals surface area contributed by atoms with Crippen LogP contribution in [0.15, 0.2) is 0 Å². The van der Waals surface area contributed by atoms with Gasteiger partial charge in [0, 0.05) is 25.6 Å². The van der Waals surface area contributed by atoms with E-state index in [4.69, 9.17) is 10.4 Å². The summed E-state index contributed by atoms with van der Waals surface area (Å²) in [7, 11) is 0. The number of piperidine rings is 1. The van der Waals surface area contributed by atoms with Crippen molar-refractivity contribution in [1.29, 1.82) is 5.26 Å². The largest absolute Gasteiger partial charge is 0.481 e. The fourth-order valence-electron chi connectivity index (χ4n) is 3.25. The Hall–Kier alpha value is -1.12. The Bertz CT molecular complexity index is 363. The SMILES string of the molecule is N#CCN1CC(CCC(=O)O)CC(NCC2CCC2)C1. The molecule has 1 saturated carbocycles. The molecule has 2 atom stereocenters. The summed E-state index contributed by atoms with van der Waals surface area (Å²) in [6, 6.07) is 2.63. The van der Waals surface area contributed by atoms with Crippen LogP contribution in [0, 0.1) is 23.2 Å². The summed E-state index contributed by atoms with van der Waals surface area (Å²) < 4.78 is 0. The molecule has 2 unspecified atom stereocenters. The standard InChI is InChI=1S/C15H25N3O2/c16-6-7-18-10-13(4-5-15(19)20)8-14(11-18)17-9-12-2-1-3-12/h12-14,17H,1-5,7-11H2,(H,19,20). The molecule has 1 saturated heterocycles. The summed E-state index contributed by atoms with van der Waals surface area (Å²) in [4.78, 5) is 12.9.